The summed E-state index contributed by atoms with van der Waals surface area (Å²) in [7, 11) is 2.91. The van der Waals surface area contributed by atoms with E-state index < -0.39 is 12.2 Å². The van der Waals surface area contributed by atoms with E-state index in [4.69, 9.17) is 18.5 Å². The number of nitrogens with one attached hydrogen (secondary N) is 1. The molecule has 0 aliphatic rings. The van der Waals surface area contributed by atoms with E-state index in [2.05, 4.69) is 15.6 Å². The number of phenols is 2. The predicted molar refractivity (Wildman–Crippen MR) is 110 cm³/mol. The number of aromatic nitrogens is 2. The van der Waals surface area contributed by atoms with Crippen molar-refractivity contribution < 1.29 is 33.5 Å². The van der Waals surface area contributed by atoms with Crippen LogP contribution in [-0.4, -0.2) is 47.2 Å². The summed E-state index contributed by atoms with van der Waals surface area (Å²) >= 11 is 0. The van der Waals surface area contributed by atoms with Gasteiger partial charge in [-0.25, -0.2) is 0 Å². The highest BCUT2D eigenvalue weighted by molar-refractivity contribution is 6.01. The molecule has 3 rings (SSSR count). The molecule has 31 heavy (non-hydrogen) atoms. The van der Waals surface area contributed by atoms with Crippen molar-refractivity contribution >= 4 is 5.91 Å². The molecule has 0 saturated carbocycles. The molecule has 2 aromatic heterocycles. The molecule has 0 aliphatic heterocycles. The number of carbonyl (C=O) groups is 1. The number of carbonyl (C=O) groups excluding carboxylic acids is 1. The van der Waals surface area contributed by atoms with Crippen LogP contribution in [0.4, 0.5) is 0 Å². The van der Waals surface area contributed by atoms with Crippen LogP contribution < -0.4 is 5.32 Å². The van der Waals surface area contributed by atoms with Gasteiger partial charge in [-0.15, -0.1) is 0 Å². The average Bonchev–Trinajstić information content (AvgIpc) is 3.36. The Morgan fingerprint density at radius 1 is 1.10 bits per heavy atom. The molecule has 1 aromatic carbocycles. The number of phenolic OH excluding ortho intramolecular Hbond substituents is 2. The number of rotatable bonds is 8. The van der Waals surface area contributed by atoms with Gasteiger partial charge in [0.25, 0.3) is 5.91 Å². The second kappa shape index (κ2) is 9.19. The maximum absolute atomic E-state index is 12.6. The first kappa shape index (κ1) is 22.3. The van der Waals surface area contributed by atoms with Gasteiger partial charge in [0, 0.05) is 32.9 Å². The molecule has 2 heterocycles. The third-order valence-electron chi connectivity index (χ3n) is 4.70. The summed E-state index contributed by atoms with van der Waals surface area (Å²) in [6, 6.07) is 4.35. The van der Waals surface area contributed by atoms with Crippen LogP contribution in [0.1, 0.15) is 54.7 Å². The summed E-state index contributed by atoms with van der Waals surface area (Å²) in [4.78, 5) is 12.6. The van der Waals surface area contributed by atoms with E-state index in [9.17, 15) is 15.0 Å². The highest BCUT2D eigenvalue weighted by Gasteiger charge is 2.30. The number of hydrogen-bond donors (Lipinski definition) is 3. The fraction of sp³-hybridized carbons (Fsp3) is 0.381. The Morgan fingerprint density at radius 2 is 1.81 bits per heavy atom. The third-order valence-corrected chi connectivity index (χ3v) is 4.70. The van der Waals surface area contributed by atoms with Gasteiger partial charge in [0.15, 0.2) is 17.2 Å². The molecule has 0 unspecified atom stereocenters. The topological polar surface area (TPSA) is 140 Å². The first-order valence-corrected chi connectivity index (χ1v) is 9.68. The van der Waals surface area contributed by atoms with Crippen LogP contribution in [0, 0.1) is 0 Å². The molecule has 166 valence electrons. The lowest BCUT2D eigenvalue weighted by molar-refractivity contribution is -0.109. The standard InChI is InChI=1S/C21H25N3O7/c1-6-22-20(27)18-17(16-8-13(23-30-16)21(28-4)29-5)19(31-24-18)12-7-11(10(2)3)14(25)9-15(12)26/h7-10,21,25-26H,6H2,1-5H3,(H,22,27). The Hall–Kier alpha value is -3.37. The van der Waals surface area contributed by atoms with Crippen molar-refractivity contribution in [2.24, 2.45) is 0 Å². The highest BCUT2D eigenvalue weighted by Crippen LogP contribution is 2.43. The van der Waals surface area contributed by atoms with Crippen LogP contribution in [0.2, 0.25) is 0 Å². The molecule has 10 nitrogen and oxygen atoms in total. The van der Waals surface area contributed by atoms with Crippen molar-refractivity contribution in [3.8, 4) is 34.1 Å². The number of ether oxygens (including phenoxy) is 2. The number of methoxy groups -OCH3 is 2. The molecule has 10 heteroatoms. The zero-order chi connectivity index (χ0) is 22.7. The minimum Gasteiger partial charge on any atom is -0.508 e. The summed E-state index contributed by atoms with van der Waals surface area (Å²) in [5.74, 6) is -0.545. The van der Waals surface area contributed by atoms with E-state index in [1.807, 2.05) is 13.8 Å². The lowest BCUT2D eigenvalue weighted by atomic mass is 9.95. The fourth-order valence-electron chi connectivity index (χ4n) is 3.20. The molecule has 3 aromatic rings. The number of aromatic hydroxyl groups is 2. The average molecular weight is 431 g/mol. The van der Waals surface area contributed by atoms with Crippen molar-refractivity contribution in [1.82, 2.24) is 15.6 Å². The zero-order valence-electron chi connectivity index (χ0n) is 17.9. The van der Waals surface area contributed by atoms with E-state index in [1.54, 1.807) is 13.0 Å². The Kier molecular flexibility index (Phi) is 6.62. The maximum Gasteiger partial charge on any atom is 0.274 e. The largest absolute Gasteiger partial charge is 0.508 e. The van der Waals surface area contributed by atoms with Crippen LogP contribution in [0.25, 0.3) is 22.6 Å². The van der Waals surface area contributed by atoms with Crippen molar-refractivity contribution in [3.05, 3.63) is 35.2 Å². The molecule has 0 radical (unpaired) electrons. The molecular formula is C21H25N3O7. The smallest absolute Gasteiger partial charge is 0.274 e. The molecule has 0 fully saturated rings. The second-order valence-electron chi connectivity index (χ2n) is 7.10. The number of benzene rings is 1. The third kappa shape index (κ3) is 4.25. The summed E-state index contributed by atoms with van der Waals surface area (Å²) < 4.78 is 21.3. The summed E-state index contributed by atoms with van der Waals surface area (Å²) in [5, 5.41) is 31.2. The van der Waals surface area contributed by atoms with Gasteiger partial charge < -0.3 is 34.0 Å². The molecule has 0 spiro atoms. The second-order valence-corrected chi connectivity index (χ2v) is 7.10. The number of amides is 1. The minimum absolute atomic E-state index is 0.0328. The lowest BCUT2D eigenvalue weighted by Crippen LogP contribution is -2.23. The highest BCUT2D eigenvalue weighted by atomic mass is 16.7. The normalized spacial score (nSPS) is 11.5. The van der Waals surface area contributed by atoms with Gasteiger partial charge in [0.1, 0.15) is 22.8 Å². The fourth-order valence-corrected chi connectivity index (χ4v) is 3.20. The van der Waals surface area contributed by atoms with Crippen LogP contribution in [0.5, 0.6) is 11.5 Å². The van der Waals surface area contributed by atoms with Gasteiger partial charge in [-0.1, -0.05) is 24.2 Å². The van der Waals surface area contributed by atoms with E-state index in [1.165, 1.54) is 26.4 Å². The first-order valence-electron chi connectivity index (χ1n) is 9.68. The van der Waals surface area contributed by atoms with Gasteiger partial charge in [-0.2, -0.15) is 0 Å². The van der Waals surface area contributed by atoms with Crippen molar-refractivity contribution in [2.45, 2.75) is 33.0 Å². The van der Waals surface area contributed by atoms with Crippen molar-refractivity contribution in [2.75, 3.05) is 20.8 Å². The maximum atomic E-state index is 12.6. The molecule has 1 amide bonds. The molecule has 0 bridgehead atoms. The van der Waals surface area contributed by atoms with E-state index in [-0.39, 0.29) is 45.8 Å². The molecule has 0 saturated heterocycles. The summed E-state index contributed by atoms with van der Waals surface area (Å²) in [5.41, 5.74) is 1.34. The van der Waals surface area contributed by atoms with Gasteiger partial charge in [0.05, 0.1) is 5.56 Å². The Morgan fingerprint density at radius 3 is 2.42 bits per heavy atom. The number of nitrogens with zero attached hydrogens (tertiary/aromatic N) is 2. The van der Waals surface area contributed by atoms with Crippen molar-refractivity contribution in [3.63, 3.8) is 0 Å². The SMILES string of the molecule is CCNC(=O)c1noc(-c2cc(C(C)C)c(O)cc2O)c1-c1cc(C(OC)OC)no1. The van der Waals surface area contributed by atoms with Crippen LogP contribution >= 0.6 is 0 Å². The predicted octanol–water partition coefficient (Wildman–Crippen LogP) is 3.57. The van der Waals surface area contributed by atoms with Gasteiger partial charge in [0.2, 0.25) is 6.29 Å². The first-order chi connectivity index (χ1) is 14.8. The van der Waals surface area contributed by atoms with E-state index in [0.717, 1.165) is 0 Å². The molecular weight excluding hydrogens is 406 g/mol. The zero-order valence-corrected chi connectivity index (χ0v) is 17.9. The van der Waals surface area contributed by atoms with Gasteiger partial charge in [-0.3, -0.25) is 4.79 Å². The van der Waals surface area contributed by atoms with Crippen LogP contribution in [-0.2, 0) is 9.47 Å². The Labute approximate surface area is 178 Å². The summed E-state index contributed by atoms with van der Waals surface area (Å²) in [6.45, 7) is 5.94. The van der Waals surface area contributed by atoms with Gasteiger partial charge >= 0.3 is 0 Å². The van der Waals surface area contributed by atoms with Crippen LogP contribution in [0.3, 0.4) is 0 Å². The van der Waals surface area contributed by atoms with E-state index >= 15 is 0 Å². The lowest BCUT2D eigenvalue weighted by Gasteiger charge is -2.12. The van der Waals surface area contributed by atoms with E-state index in [0.29, 0.717) is 17.8 Å². The molecule has 0 aliphatic carbocycles. The monoisotopic (exact) mass is 431 g/mol. The van der Waals surface area contributed by atoms with Gasteiger partial charge in [-0.05, 0) is 24.5 Å². The summed E-state index contributed by atoms with van der Waals surface area (Å²) in [6.07, 6.45) is -0.775. The quantitative estimate of drug-likeness (QED) is 0.456. The molecule has 3 N–H and O–H groups in total. The minimum atomic E-state index is -0.775. The Balaban J connectivity index is 2.22. The molecule has 0 atom stereocenters. The van der Waals surface area contributed by atoms with Crippen molar-refractivity contribution in [1.29, 1.82) is 0 Å². The van der Waals surface area contributed by atoms with Crippen LogP contribution in [0.15, 0.2) is 27.2 Å². The Bertz CT molecular complexity index is 1070. The number of hydrogen-bond acceptors (Lipinski definition) is 9.